The Balaban J connectivity index is 1.84. The zero-order valence-electron chi connectivity index (χ0n) is 16.6. The summed E-state index contributed by atoms with van der Waals surface area (Å²) in [4.78, 5) is 2.77. The highest BCUT2D eigenvalue weighted by molar-refractivity contribution is 7.89. The van der Waals surface area contributed by atoms with Crippen LogP contribution < -0.4 is 10.6 Å². The molecule has 1 fully saturated rings. The Hall–Kier alpha value is -1.86. The fourth-order valence-electron chi connectivity index (χ4n) is 5.57. The Morgan fingerprint density at radius 1 is 0.778 bits per heavy atom. The fourth-order valence-corrected chi connectivity index (χ4v) is 10.8. The second-order valence-electron chi connectivity index (χ2n) is 8.30. The maximum atomic E-state index is 2.88. The lowest BCUT2D eigenvalue weighted by atomic mass is 10.1. The average molecular weight is 379 g/mol. The molecule has 0 bridgehead atoms. The molecule has 0 aliphatic carbocycles. The Bertz CT molecular complexity index is 820. The zero-order valence-corrected chi connectivity index (χ0v) is 17.5. The van der Waals surface area contributed by atoms with E-state index in [1.54, 1.807) is 0 Å². The minimum absolute atomic E-state index is 0.496. The molecule has 0 radical (unpaired) electrons. The molecule has 1 saturated heterocycles. The first-order valence-corrected chi connectivity index (χ1v) is 12.2. The van der Waals surface area contributed by atoms with E-state index in [1.807, 2.05) is 0 Å². The number of hydrogen-bond donors (Lipinski definition) is 0. The van der Waals surface area contributed by atoms with Crippen molar-refractivity contribution >= 4 is 24.0 Å². The Kier molecular flexibility index (Phi) is 4.05. The third-order valence-electron chi connectivity index (χ3n) is 6.83. The number of nitrogens with zero attached hydrogens (tertiary/aromatic N) is 3. The lowest BCUT2D eigenvalue weighted by Crippen LogP contribution is -2.56. The quantitative estimate of drug-likeness (QED) is 0.584. The van der Waals surface area contributed by atoms with Crippen molar-refractivity contribution in [1.82, 2.24) is 9.57 Å². The molecule has 0 amide bonds. The average Bonchev–Trinajstić information content (AvgIpc) is 3.00. The van der Waals surface area contributed by atoms with Crippen LogP contribution in [0.25, 0.3) is 0 Å². The van der Waals surface area contributed by atoms with Gasteiger partial charge in [-0.05, 0) is 38.1 Å². The highest BCUT2D eigenvalue weighted by atomic mass is 31.2. The highest BCUT2D eigenvalue weighted by Crippen LogP contribution is 2.70. The third-order valence-corrected chi connectivity index (χ3v) is 11.6. The van der Waals surface area contributed by atoms with E-state index in [1.165, 1.54) is 42.5 Å². The molecule has 3 atom stereocenters. The van der Waals surface area contributed by atoms with Gasteiger partial charge in [-0.3, -0.25) is 4.58 Å². The van der Waals surface area contributed by atoms with E-state index < -0.39 is 7.41 Å². The molecule has 2 aromatic carbocycles. The molecule has 3 nitrogen and oxygen atoms in total. The first kappa shape index (κ1) is 17.3. The predicted octanol–water partition coefficient (Wildman–Crippen LogP) is 3.49. The van der Waals surface area contributed by atoms with Crippen molar-refractivity contribution < 1.29 is 4.58 Å². The molecule has 140 valence electrons. The van der Waals surface area contributed by atoms with E-state index in [0.717, 1.165) is 0 Å². The monoisotopic (exact) mass is 379 g/mol. The maximum Gasteiger partial charge on any atom is 0.390 e. The van der Waals surface area contributed by atoms with Crippen LogP contribution in [0.15, 0.2) is 60.7 Å². The van der Waals surface area contributed by atoms with Gasteiger partial charge in [0.2, 0.25) is 5.78 Å². The summed E-state index contributed by atoms with van der Waals surface area (Å²) in [7, 11) is -1.76. The summed E-state index contributed by atoms with van der Waals surface area (Å²) >= 11 is 0. The fraction of sp³-hybridized carbons (Fsp3) is 0.435. The predicted molar refractivity (Wildman–Crippen MR) is 115 cm³/mol. The zero-order chi connectivity index (χ0) is 18.6. The van der Waals surface area contributed by atoms with E-state index in [0.29, 0.717) is 17.9 Å². The van der Waals surface area contributed by atoms with Crippen molar-refractivity contribution in [2.24, 2.45) is 0 Å². The van der Waals surface area contributed by atoms with E-state index in [9.17, 15) is 0 Å². The highest BCUT2D eigenvalue weighted by Gasteiger charge is 2.73. The van der Waals surface area contributed by atoms with Crippen molar-refractivity contribution in [3.63, 3.8) is 0 Å². The molecule has 0 saturated carbocycles. The van der Waals surface area contributed by atoms with Crippen LogP contribution in [0.2, 0.25) is 0 Å². The molecule has 0 unspecified atom stereocenters. The van der Waals surface area contributed by atoms with Crippen molar-refractivity contribution in [3.05, 3.63) is 60.7 Å². The molecule has 27 heavy (non-hydrogen) atoms. The van der Waals surface area contributed by atoms with E-state index in [-0.39, 0.29) is 0 Å². The van der Waals surface area contributed by atoms with Gasteiger partial charge in [-0.15, -0.1) is 4.67 Å². The number of guanidine groups is 1. The molecule has 3 aliphatic rings. The molecule has 2 aromatic rings. The van der Waals surface area contributed by atoms with Crippen LogP contribution in [-0.4, -0.2) is 51.1 Å². The van der Waals surface area contributed by atoms with Gasteiger partial charge in [0.05, 0.1) is 19.1 Å². The topological polar surface area (TPSA) is 9.49 Å². The molecule has 0 N–H and O–H groups in total. The SMILES string of the molecule is C[C@@H]1N2C3=[N+](CC[C@@H]2C)CC[C@H](C)N3[P+]1(c1ccccc1)c1ccccc1. The molecule has 5 rings (SSSR count). The molecule has 3 heterocycles. The van der Waals surface area contributed by atoms with Crippen molar-refractivity contribution in [3.8, 4) is 0 Å². The summed E-state index contributed by atoms with van der Waals surface area (Å²) in [6.45, 7) is 9.76. The van der Waals surface area contributed by atoms with E-state index >= 15 is 0 Å². The lowest BCUT2D eigenvalue weighted by molar-refractivity contribution is -0.550. The number of rotatable bonds is 2. The molecule has 0 spiro atoms. The summed E-state index contributed by atoms with van der Waals surface area (Å²) in [5.41, 5.74) is 0. The van der Waals surface area contributed by atoms with Gasteiger partial charge in [-0.2, -0.15) is 0 Å². The van der Waals surface area contributed by atoms with Gasteiger partial charge in [0.15, 0.2) is 0 Å². The van der Waals surface area contributed by atoms with E-state index in [4.69, 9.17) is 0 Å². The maximum absolute atomic E-state index is 2.88. The Labute approximate surface area is 163 Å². The normalized spacial score (nSPS) is 29.1. The Morgan fingerprint density at radius 2 is 1.30 bits per heavy atom. The van der Waals surface area contributed by atoms with Gasteiger partial charge in [0.1, 0.15) is 16.7 Å². The van der Waals surface area contributed by atoms with Gasteiger partial charge in [-0.25, -0.2) is 4.90 Å². The molecule has 4 heteroatoms. The van der Waals surface area contributed by atoms with Crippen LogP contribution >= 0.6 is 7.41 Å². The molecule has 3 aliphatic heterocycles. The molecule has 0 aromatic heterocycles. The Morgan fingerprint density at radius 3 is 1.85 bits per heavy atom. The standard InChI is InChI=1S/C23H30N3P/c1-18-14-16-24-17-15-19(2)26-23(24)25(18)20(3)27(26,21-10-6-4-7-11-21)22-12-8-5-9-13-22/h4-13,18-20H,14-17H2,1-3H3/q+2/t18-,19-,20+/m0/s1. The number of benzene rings is 2. The second kappa shape index (κ2) is 6.34. The number of hydrogen-bond acceptors (Lipinski definition) is 2. The van der Waals surface area contributed by atoms with Crippen LogP contribution in [0.4, 0.5) is 0 Å². The first-order valence-electron chi connectivity index (χ1n) is 10.4. The lowest BCUT2D eigenvalue weighted by Gasteiger charge is -2.35. The van der Waals surface area contributed by atoms with Crippen molar-refractivity contribution in [2.45, 2.75) is 51.5 Å². The van der Waals surface area contributed by atoms with Crippen LogP contribution in [-0.2, 0) is 0 Å². The second-order valence-corrected chi connectivity index (χ2v) is 11.9. The van der Waals surface area contributed by atoms with Crippen LogP contribution in [0.5, 0.6) is 0 Å². The van der Waals surface area contributed by atoms with Gasteiger partial charge in [0, 0.05) is 19.8 Å². The molecular formula is C23H30N3P+2. The first-order chi connectivity index (χ1) is 13.2. The summed E-state index contributed by atoms with van der Waals surface area (Å²) in [5, 5.41) is 3.04. The molecular weight excluding hydrogens is 349 g/mol. The van der Waals surface area contributed by atoms with Gasteiger partial charge < -0.3 is 0 Å². The van der Waals surface area contributed by atoms with Crippen LogP contribution in [0, 0.1) is 0 Å². The van der Waals surface area contributed by atoms with E-state index in [2.05, 4.69) is 95.6 Å². The van der Waals surface area contributed by atoms with Crippen LogP contribution in [0.1, 0.15) is 33.6 Å². The minimum Gasteiger partial charge on any atom is -0.261 e. The summed E-state index contributed by atoms with van der Waals surface area (Å²) in [6.07, 6.45) is 2.51. The minimum atomic E-state index is -1.76. The third kappa shape index (κ3) is 2.27. The smallest absolute Gasteiger partial charge is 0.261 e. The van der Waals surface area contributed by atoms with Crippen molar-refractivity contribution in [2.75, 3.05) is 13.1 Å². The summed E-state index contributed by atoms with van der Waals surface area (Å²) in [5.74, 6) is 2.01. The van der Waals surface area contributed by atoms with Gasteiger partial charge in [0.25, 0.3) is 7.41 Å². The van der Waals surface area contributed by atoms with Crippen LogP contribution in [0.3, 0.4) is 0 Å². The summed E-state index contributed by atoms with van der Waals surface area (Å²) < 4.78 is 5.55. The van der Waals surface area contributed by atoms with Gasteiger partial charge >= 0.3 is 5.96 Å². The van der Waals surface area contributed by atoms with Crippen molar-refractivity contribution in [1.29, 1.82) is 0 Å². The summed E-state index contributed by atoms with van der Waals surface area (Å²) in [6, 6.07) is 23.9. The van der Waals surface area contributed by atoms with Gasteiger partial charge in [-0.1, -0.05) is 36.4 Å². The largest absolute Gasteiger partial charge is 0.390 e.